The third-order valence-electron chi connectivity index (χ3n) is 2.06. The molecule has 1 heterocycles. The Morgan fingerprint density at radius 3 is 2.67 bits per heavy atom. The van der Waals surface area contributed by atoms with Crippen molar-refractivity contribution >= 4 is 5.91 Å². The van der Waals surface area contributed by atoms with Crippen LogP contribution in [-0.2, 0) is 9.53 Å². The summed E-state index contributed by atoms with van der Waals surface area (Å²) in [5.41, 5.74) is 6.45. The van der Waals surface area contributed by atoms with E-state index in [9.17, 15) is 9.90 Å². The molecule has 0 spiro atoms. The van der Waals surface area contributed by atoms with Gasteiger partial charge < -0.3 is 15.6 Å². The van der Waals surface area contributed by atoms with Gasteiger partial charge in [0.1, 0.15) is 6.10 Å². The first-order valence-electron chi connectivity index (χ1n) is 4.49. The molecule has 82 valence electrons. The minimum Gasteiger partial charge on any atom is -0.380 e. The lowest BCUT2D eigenvalue weighted by Crippen LogP contribution is -2.35. The fourth-order valence-corrected chi connectivity index (χ4v) is 1.21. The quantitative estimate of drug-likeness (QED) is 0.728. The summed E-state index contributed by atoms with van der Waals surface area (Å²) < 4.78 is 4.99. The minimum atomic E-state index is -1.38. The van der Waals surface area contributed by atoms with Gasteiger partial charge in [0.15, 0.2) is 6.10 Å². The zero-order chi connectivity index (χ0) is 11.4. The van der Waals surface area contributed by atoms with Crippen molar-refractivity contribution in [1.82, 2.24) is 4.98 Å². The molecule has 0 saturated carbocycles. The summed E-state index contributed by atoms with van der Waals surface area (Å²) in [4.78, 5) is 14.9. The molecule has 1 aromatic rings. The molecule has 2 atom stereocenters. The molecule has 15 heavy (non-hydrogen) atoms. The van der Waals surface area contributed by atoms with Gasteiger partial charge in [-0.25, -0.2) is 0 Å². The number of aliphatic hydroxyl groups excluding tert-OH is 1. The van der Waals surface area contributed by atoms with Crippen molar-refractivity contribution in [2.75, 3.05) is 7.11 Å². The van der Waals surface area contributed by atoms with Crippen LogP contribution in [0.3, 0.4) is 0 Å². The van der Waals surface area contributed by atoms with E-state index in [1.165, 1.54) is 7.11 Å². The standard InChI is InChI=1S/C10H14N2O3/c1-6-3-4-7(12-5-6)9(15-2)8(13)10(11)14/h3-5,8-9,13H,1-2H3,(H2,11,14). The molecule has 1 aromatic heterocycles. The number of pyridine rings is 1. The molecular formula is C10H14N2O3. The van der Waals surface area contributed by atoms with Gasteiger partial charge in [0, 0.05) is 13.3 Å². The van der Waals surface area contributed by atoms with E-state index >= 15 is 0 Å². The molecule has 0 aliphatic carbocycles. The zero-order valence-electron chi connectivity index (χ0n) is 8.68. The molecular weight excluding hydrogens is 196 g/mol. The Bertz CT molecular complexity index is 337. The van der Waals surface area contributed by atoms with E-state index in [2.05, 4.69) is 4.98 Å². The maximum Gasteiger partial charge on any atom is 0.249 e. The van der Waals surface area contributed by atoms with Crippen LogP contribution in [0.5, 0.6) is 0 Å². The van der Waals surface area contributed by atoms with Gasteiger partial charge in [-0.3, -0.25) is 9.78 Å². The summed E-state index contributed by atoms with van der Waals surface area (Å²) in [5.74, 6) is -0.829. The van der Waals surface area contributed by atoms with Crippen LogP contribution in [0.1, 0.15) is 17.4 Å². The summed E-state index contributed by atoms with van der Waals surface area (Å²) in [6.45, 7) is 1.89. The highest BCUT2D eigenvalue weighted by atomic mass is 16.5. The van der Waals surface area contributed by atoms with E-state index in [1.54, 1.807) is 12.3 Å². The largest absolute Gasteiger partial charge is 0.380 e. The van der Waals surface area contributed by atoms with Gasteiger partial charge in [-0.15, -0.1) is 0 Å². The number of ether oxygens (including phenoxy) is 1. The summed E-state index contributed by atoms with van der Waals surface area (Å²) >= 11 is 0. The van der Waals surface area contributed by atoms with Crippen molar-refractivity contribution in [3.05, 3.63) is 29.6 Å². The normalized spacial score (nSPS) is 14.6. The molecule has 5 nitrogen and oxygen atoms in total. The maximum absolute atomic E-state index is 10.8. The summed E-state index contributed by atoms with van der Waals surface area (Å²) in [6, 6.07) is 3.51. The fraction of sp³-hybridized carbons (Fsp3) is 0.400. The Morgan fingerprint density at radius 1 is 1.60 bits per heavy atom. The van der Waals surface area contributed by atoms with Crippen molar-refractivity contribution < 1.29 is 14.6 Å². The number of aliphatic hydroxyl groups is 1. The van der Waals surface area contributed by atoms with Crippen LogP contribution in [0.25, 0.3) is 0 Å². The second-order valence-corrected chi connectivity index (χ2v) is 3.26. The number of nitrogens with zero attached hydrogens (tertiary/aromatic N) is 1. The number of primary amides is 1. The number of rotatable bonds is 4. The number of carbonyl (C=O) groups is 1. The number of aryl methyl sites for hydroxylation is 1. The molecule has 1 amide bonds. The highest BCUT2D eigenvalue weighted by molar-refractivity contribution is 5.79. The number of aromatic nitrogens is 1. The monoisotopic (exact) mass is 210 g/mol. The molecule has 5 heteroatoms. The molecule has 0 aliphatic rings. The van der Waals surface area contributed by atoms with Crippen LogP contribution >= 0.6 is 0 Å². The summed E-state index contributed by atoms with van der Waals surface area (Å²) in [5, 5.41) is 9.47. The summed E-state index contributed by atoms with van der Waals surface area (Å²) in [7, 11) is 1.39. The van der Waals surface area contributed by atoms with Gasteiger partial charge in [-0.2, -0.15) is 0 Å². The van der Waals surface area contributed by atoms with Crippen molar-refractivity contribution in [1.29, 1.82) is 0 Å². The molecule has 0 bridgehead atoms. The van der Waals surface area contributed by atoms with Crippen LogP contribution < -0.4 is 5.73 Å². The van der Waals surface area contributed by atoms with Crippen LogP contribution in [-0.4, -0.2) is 29.2 Å². The molecule has 0 aromatic carbocycles. The van der Waals surface area contributed by atoms with E-state index in [0.29, 0.717) is 5.69 Å². The van der Waals surface area contributed by atoms with Gasteiger partial charge >= 0.3 is 0 Å². The topological polar surface area (TPSA) is 85.4 Å². The van der Waals surface area contributed by atoms with Crippen molar-refractivity contribution in [3.63, 3.8) is 0 Å². The molecule has 0 radical (unpaired) electrons. The first-order valence-corrected chi connectivity index (χ1v) is 4.49. The van der Waals surface area contributed by atoms with Gasteiger partial charge in [0.25, 0.3) is 0 Å². The van der Waals surface area contributed by atoms with Gasteiger partial charge in [0.2, 0.25) is 5.91 Å². The lowest BCUT2D eigenvalue weighted by atomic mass is 10.1. The van der Waals surface area contributed by atoms with Gasteiger partial charge in [-0.05, 0) is 18.6 Å². The number of methoxy groups -OCH3 is 1. The van der Waals surface area contributed by atoms with E-state index in [0.717, 1.165) is 5.56 Å². The molecule has 2 unspecified atom stereocenters. The molecule has 0 fully saturated rings. The predicted molar refractivity (Wildman–Crippen MR) is 53.9 cm³/mol. The fourth-order valence-electron chi connectivity index (χ4n) is 1.21. The Labute approximate surface area is 87.9 Å². The van der Waals surface area contributed by atoms with Crippen LogP contribution in [0.2, 0.25) is 0 Å². The van der Waals surface area contributed by atoms with E-state index in [4.69, 9.17) is 10.5 Å². The van der Waals surface area contributed by atoms with Crippen molar-refractivity contribution in [2.24, 2.45) is 5.73 Å². The lowest BCUT2D eigenvalue weighted by Gasteiger charge is -2.18. The first kappa shape index (κ1) is 11.6. The van der Waals surface area contributed by atoms with Crippen molar-refractivity contribution in [3.8, 4) is 0 Å². The molecule has 0 saturated heterocycles. The summed E-state index contributed by atoms with van der Waals surface area (Å²) in [6.07, 6.45) is -0.567. The van der Waals surface area contributed by atoms with Crippen molar-refractivity contribution in [2.45, 2.75) is 19.1 Å². The van der Waals surface area contributed by atoms with Crippen LogP contribution in [0.15, 0.2) is 18.3 Å². The lowest BCUT2D eigenvalue weighted by molar-refractivity contribution is -0.133. The SMILES string of the molecule is COC(c1ccc(C)cn1)C(O)C(N)=O. The van der Waals surface area contributed by atoms with Crippen LogP contribution in [0, 0.1) is 6.92 Å². The molecule has 3 N–H and O–H groups in total. The van der Waals surface area contributed by atoms with E-state index < -0.39 is 18.1 Å². The highest BCUT2D eigenvalue weighted by Crippen LogP contribution is 2.18. The number of hydrogen-bond acceptors (Lipinski definition) is 4. The average Bonchev–Trinajstić information content (AvgIpc) is 2.21. The Hall–Kier alpha value is -1.46. The third kappa shape index (κ3) is 2.74. The Kier molecular flexibility index (Phi) is 3.76. The average molecular weight is 210 g/mol. The van der Waals surface area contributed by atoms with Crippen LogP contribution in [0.4, 0.5) is 0 Å². The Balaban J connectivity index is 2.92. The highest BCUT2D eigenvalue weighted by Gasteiger charge is 2.26. The predicted octanol–water partition coefficient (Wildman–Crippen LogP) is -0.0763. The smallest absolute Gasteiger partial charge is 0.249 e. The van der Waals surface area contributed by atoms with E-state index in [-0.39, 0.29) is 0 Å². The van der Waals surface area contributed by atoms with Gasteiger partial charge in [0.05, 0.1) is 5.69 Å². The maximum atomic E-state index is 10.8. The number of carbonyl (C=O) groups excluding carboxylic acids is 1. The zero-order valence-corrected chi connectivity index (χ0v) is 8.68. The molecule has 0 aliphatic heterocycles. The molecule has 1 rings (SSSR count). The third-order valence-corrected chi connectivity index (χ3v) is 2.06. The minimum absolute atomic E-state index is 0.481. The first-order chi connectivity index (χ1) is 7.06. The number of amides is 1. The van der Waals surface area contributed by atoms with E-state index in [1.807, 2.05) is 13.0 Å². The number of hydrogen-bond donors (Lipinski definition) is 2. The second-order valence-electron chi connectivity index (χ2n) is 3.26. The second kappa shape index (κ2) is 4.86. The number of nitrogens with two attached hydrogens (primary N) is 1. The van der Waals surface area contributed by atoms with Gasteiger partial charge in [-0.1, -0.05) is 6.07 Å². The Morgan fingerprint density at radius 2 is 2.27 bits per heavy atom.